The van der Waals surface area contributed by atoms with Gasteiger partial charge in [-0.2, -0.15) is 0 Å². The summed E-state index contributed by atoms with van der Waals surface area (Å²) < 4.78 is 2.39. The van der Waals surface area contributed by atoms with Crippen LogP contribution in [-0.2, 0) is 6.54 Å². The van der Waals surface area contributed by atoms with Crippen molar-refractivity contribution in [1.29, 1.82) is 0 Å². The van der Waals surface area contributed by atoms with Crippen molar-refractivity contribution < 1.29 is 0 Å². The molecule has 0 fully saturated rings. The summed E-state index contributed by atoms with van der Waals surface area (Å²) in [4.78, 5) is 6.06. The molecule has 2 aromatic carbocycles. The van der Waals surface area contributed by atoms with Gasteiger partial charge in [0, 0.05) is 32.5 Å². The van der Waals surface area contributed by atoms with Gasteiger partial charge in [-0.15, -0.1) is 22.7 Å². The summed E-state index contributed by atoms with van der Waals surface area (Å²) in [5.74, 6) is 0. The van der Waals surface area contributed by atoms with Crippen molar-refractivity contribution in [3.8, 4) is 10.6 Å². The Balaban J connectivity index is 1.51. The quantitative estimate of drug-likeness (QED) is 0.401. The molecule has 0 aliphatic heterocycles. The van der Waals surface area contributed by atoms with Gasteiger partial charge in [0.05, 0.1) is 10.2 Å². The van der Waals surface area contributed by atoms with Crippen LogP contribution in [-0.4, -0.2) is 4.98 Å². The van der Waals surface area contributed by atoms with Crippen LogP contribution in [0, 0.1) is 6.92 Å². The van der Waals surface area contributed by atoms with Crippen LogP contribution in [0.5, 0.6) is 0 Å². The Kier molecular flexibility index (Phi) is 4.39. The number of benzene rings is 2. The third-order valence-electron chi connectivity index (χ3n) is 3.76. The van der Waals surface area contributed by atoms with Crippen LogP contribution in [0.15, 0.2) is 58.4 Å². The van der Waals surface area contributed by atoms with E-state index in [4.69, 9.17) is 4.98 Å². The Morgan fingerprint density at radius 2 is 1.92 bits per heavy atom. The normalized spacial score (nSPS) is 11.1. The van der Waals surface area contributed by atoms with E-state index in [1.165, 1.54) is 20.7 Å². The molecule has 24 heavy (non-hydrogen) atoms. The lowest BCUT2D eigenvalue weighted by Gasteiger charge is -2.05. The second kappa shape index (κ2) is 6.67. The maximum Gasteiger partial charge on any atom is 0.124 e. The van der Waals surface area contributed by atoms with Crippen LogP contribution in [0.4, 0.5) is 5.69 Å². The molecule has 1 N–H and O–H groups in total. The first-order chi connectivity index (χ1) is 11.7. The topological polar surface area (TPSA) is 24.9 Å². The van der Waals surface area contributed by atoms with Crippen LogP contribution in [0.3, 0.4) is 0 Å². The van der Waals surface area contributed by atoms with E-state index >= 15 is 0 Å². The number of rotatable bonds is 4. The van der Waals surface area contributed by atoms with Gasteiger partial charge in [0.1, 0.15) is 5.01 Å². The molecular formula is C19H15BrN2S2. The van der Waals surface area contributed by atoms with Crippen LogP contribution in [0.25, 0.3) is 20.8 Å². The minimum Gasteiger partial charge on any atom is -0.380 e. The average Bonchev–Trinajstić information content (AvgIpc) is 3.19. The largest absolute Gasteiger partial charge is 0.380 e. The van der Waals surface area contributed by atoms with E-state index in [-0.39, 0.29) is 0 Å². The molecule has 0 aliphatic rings. The minimum absolute atomic E-state index is 0.843. The second-order valence-electron chi connectivity index (χ2n) is 5.65. The van der Waals surface area contributed by atoms with Crippen LogP contribution >= 0.6 is 38.6 Å². The van der Waals surface area contributed by atoms with Gasteiger partial charge < -0.3 is 5.32 Å². The summed E-state index contributed by atoms with van der Waals surface area (Å²) in [7, 11) is 0. The van der Waals surface area contributed by atoms with Gasteiger partial charge >= 0.3 is 0 Å². The molecule has 0 saturated heterocycles. The van der Waals surface area contributed by atoms with Crippen molar-refractivity contribution in [2.24, 2.45) is 0 Å². The summed E-state index contributed by atoms with van der Waals surface area (Å²) >= 11 is 6.99. The first-order valence-electron chi connectivity index (χ1n) is 7.62. The molecular weight excluding hydrogens is 400 g/mol. The first kappa shape index (κ1) is 15.8. The molecule has 120 valence electrons. The highest BCUT2D eigenvalue weighted by atomic mass is 79.9. The highest BCUT2D eigenvalue weighted by molar-refractivity contribution is 9.10. The molecule has 2 nitrogen and oxygen atoms in total. The molecule has 0 aliphatic carbocycles. The fraction of sp³-hybridized carbons (Fsp3) is 0.105. The van der Waals surface area contributed by atoms with E-state index in [1.54, 1.807) is 22.7 Å². The maximum atomic E-state index is 4.74. The number of thiazole rings is 1. The molecule has 0 bridgehead atoms. The Morgan fingerprint density at radius 3 is 2.67 bits per heavy atom. The van der Waals surface area contributed by atoms with E-state index in [1.807, 2.05) is 0 Å². The van der Waals surface area contributed by atoms with Crippen molar-refractivity contribution in [3.63, 3.8) is 0 Å². The van der Waals surface area contributed by atoms with Crippen LogP contribution < -0.4 is 5.32 Å². The predicted octanol–water partition coefficient (Wildman–Crippen LogP) is 6.71. The summed E-state index contributed by atoms with van der Waals surface area (Å²) in [5.41, 5.74) is 4.64. The Morgan fingerprint density at radius 1 is 1.08 bits per heavy atom. The number of anilines is 1. The van der Waals surface area contributed by atoms with Gasteiger partial charge in [-0.1, -0.05) is 6.07 Å². The Hall–Kier alpha value is -1.69. The van der Waals surface area contributed by atoms with Gasteiger partial charge in [0.15, 0.2) is 0 Å². The number of aryl methyl sites for hydroxylation is 1. The molecule has 5 heteroatoms. The van der Waals surface area contributed by atoms with E-state index < -0.39 is 0 Å². The zero-order chi connectivity index (χ0) is 16.5. The molecule has 0 unspecified atom stereocenters. The van der Waals surface area contributed by atoms with Crippen molar-refractivity contribution in [3.05, 3.63) is 68.8 Å². The smallest absolute Gasteiger partial charge is 0.124 e. The first-order valence-corrected chi connectivity index (χ1v) is 10.1. The molecule has 0 atom stereocenters. The molecule has 2 aromatic heterocycles. The third kappa shape index (κ3) is 3.38. The number of nitrogens with zero attached hydrogens (tertiary/aromatic N) is 1. The molecule has 0 amide bonds. The summed E-state index contributed by atoms with van der Waals surface area (Å²) in [6.45, 7) is 2.96. The molecule has 2 heterocycles. The zero-order valence-corrected chi connectivity index (χ0v) is 16.3. The number of fused-ring (bicyclic) bond motifs is 1. The SMILES string of the molecule is Cc1ccc2nc(-c3ccc(NCc4cc(Br)cs4)cc3)sc2c1. The Labute approximate surface area is 157 Å². The predicted molar refractivity (Wildman–Crippen MR) is 109 cm³/mol. The average molecular weight is 415 g/mol. The molecule has 0 saturated carbocycles. The van der Waals surface area contributed by atoms with Gasteiger partial charge in [0.25, 0.3) is 0 Å². The number of hydrogen-bond donors (Lipinski definition) is 1. The number of halogens is 1. The van der Waals surface area contributed by atoms with Gasteiger partial charge in [0.2, 0.25) is 0 Å². The third-order valence-corrected chi connectivity index (χ3v) is 6.53. The highest BCUT2D eigenvalue weighted by Gasteiger charge is 2.06. The lowest BCUT2D eigenvalue weighted by atomic mass is 10.2. The maximum absolute atomic E-state index is 4.74. The van der Waals surface area contributed by atoms with Gasteiger partial charge in [-0.05, 0) is 70.9 Å². The monoisotopic (exact) mass is 414 g/mol. The van der Waals surface area contributed by atoms with Gasteiger partial charge in [-0.3, -0.25) is 0 Å². The van der Waals surface area contributed by atoms with Crippen LogP contribution in [0.2, 0.25) is 0 Å². The fourth-order valence-electron chi connectivity index (χ4n) is 2.52. The van der Waals surface area contributed by atoms with E-state index in [0.717, 1.165) is 27.2 Å². The zero-order valence-electron chi connectivity index (χ0n) is 13.0. The van der Waals surface area contributed by atoms with Gasteiger partial charge in [-0.25, -0.2) is 4.98 Å². The van der Waals surface area contributed by atoms with E-state index in [9.17, 15) is 0 Å². The summed E-state index contributed by atoms with van der Waals surface area (Å²) in [5, 5.41) is 6.64. The van der Waals surface area contributed by atoms with Crippen molar-refractivity contribution >= 4 is 54.5 Å². The van der Waals surface area contributed by atoms with E-state index in [2.05, 4.69) is 82.1 Å². The summed E-state index contributed by atoms with van der Waals surface area (Å²) in [6, 6.07) is 17.1. The number of aromatic nitrogens is 1. The van der Waals surface area contributed by atoms with Crippen molar-refractivity contribution in [1.82, 2.24) is 4.98 Å². The lowest BCUT2D eigenvalue weighted by molar-refractivity contribution is 1.19. The molecule has 4 rings (SSSR count). The second-order valence-corrected chi connectivity index (χ2v) is 8.59. The number of hydrogen-bond acceptors (Lipinski definition) is 4. The number of nitrogens with one attached hydrogen (secondary N) is 1. The van der Waals surface area contributed by atoms with Crippen molar-refractivity contribution in [2.75, 3.05) is 5.32 Å². The lowest BCUT2D eigenvalue weighted by Crippen LogP contribution is -1.96. The fourth-order valence-corrected chi connectivity index (χ4v) is 4.98. The van der Waals surface area contributed by atoms with Crippen LogP contribution in [0.1, 0.15) is 10.4 Å². The molecule has 0 radical (unpaired) electrons. The van der Waals surface area contributed by atoms with E-state index in [0.29, 0.717) is 0 Å². The molecule has 4 aromatic rings. The molecule has 0 spiro atoms. The standard InChI is InChI=1S/C19H15BrN2S2/c1-12-2-7-17-18(8-12)24-19(22-17)13-3-5-15(6-4-13)21-10-16-9-14(20)11-23-16/h2-9,11,21H,10H2,1H3. The minimum atomic E-state index is 0.843. The highest BCUT2D eigenvalue weighted by Crippen LogP contribution is 2.31. The summed E-state index contributed by atoms with van der Waals surface area (Å²) in [6.07, 6.45) is 0. The Bertz CT molecular complexity index is 986. The van der Waals surface area contributed by atoms with Crippen molar-refractivity contribution in [2.45, 2.75) is 13.5 Å². The number of thiophene rings is 1.